The van der Waals surface area contributed by atoms with Gasteiger partial charge in [0.15, 0.2) is 0 Å². The minimum Gasteiger partial charge on any atom is -0.495 e. The van der Waals surface area contributed by atoms with E-state index in [1.54, 1.807) is 7.11 Å². The number of methoxy groups -OCH3 is 1. The molecule has 1 saturated heterocycles. The Labute approximate surface area is 108 Å². The number of ether oxygens (including phenoxy) is 1. The standard InChI is InChI=1S/C14H19N3O/c1-11-9-16-5-6-17(11)10-12-3-4-13(8-15)14(7-12)18-2/h3-4,7,11,16H,5-6,9-10H2,1-2H3/t11-/m1/s1. The van der Waals surface area contributed by atoms with Crippen molar-refractivity contribution in [2.75, 3.05) is 26.7 Å². The van der Waals surface area contributed by atoms with E-state index in [1.165, 1.54) is 5.56 Å². The molecule has 1 aromatic rings. The Balaban J connectivity index is 2.12. The quantitative estimate of drug-likeness (QED) is 0.873. The van der Waals surface area contributed by atoms with E-state index in [1.807, 2.05) is 18.2 Å². The van der Waals surface area contributed by atoms with Crippen LogP contribution < -0.4 is 10.1 Å². The molecular weight excluding hydrogens is 226 g/mol. The fraction of sp³-hybridized carbons (Fsp3) is 0.500. The van der Waals surface area contributed by atoms with Crippen LogP contribution in [0.4, 0.5) is 0 Å². The molecule has 4 nitrogen and oxygen atoms in total. The highest BCUT2D eigenvalue weighted by molar-refractivity contribution is 5.45. The summed E-state index contributed by atoms with van der Waals surface area (Å²) in [4.78, 5) is 2.44. The molecule has 2 rings (SSSR count). The number of hydrogen-bond donors (Lipinski definition) is 1. The number of nitriles is 1. The molecule has 1 aromatic carbocycles. The third kappa shape index (κ3) is 2.81. The zero-order valence-corrected chi connectivity index (χ0v) is 10.9. The second-order valence-corrected chi connectivity index (χ2v) is 4.67. The second-order valence-electron chi connectivity index (χ2n) is 4.67. The van der Waals surface area contributed by atoms with Gasteiger partial charge in [-0.15, -0.1) is 0 Å². The summed E-state index contributed by atoms with van der Waals surface area (Å²) in [6.45, 7) is 6.27. The molecule has 18 heavy (non-hydrogen) atoms. The van der Waals surface area contributed by atoms with Crippen LogP contribution in [0.25, 0.3) is 0 Å². The van der Waals surface area contributed by atoms with Crippen molar-refractivity contribution in [3.05, 3.63) is 29.3 Å². The molecule has 0 spiro atoms. The molecule has 1 heterocycles. The van der Waals surface area contributed by atoms with Gasteiger partial charge >= 0.3 is 0 Å². The van der Waals surface area contributed by atoms with Gasteiger partial charge in [0.25, 0.3) is 0 Å². The Morgan fingerprint density at radius 3 is 3.06 bits per heavy atom. The van der Waals surface area contributed by atoms with Crippen molar-refractivity contribution in [3.63, 3.8) is 0 Å². The first-order chi connectivity index (χ1) is 8.74. The predicted octanol–water partition coefficient (Wildman–Crippen LogP) is 1.36. The smallest absolute Gasteiger partial charge is 0.136 e. The minimum absolute atomic E-state index is 0.542. The summed E-state index contributed by atoms with van der Waals surface area (Å²) >= 11 is 0. The highest BCUT2D eigenvalue weighted by Gasteiger charge is 2.18. The van der Waals surface area contributed by atoms with Crippen LogP contribution in [0.15, 0.2) is 18.2 Å². The van der Waals surface area contributed by atoms with E-state index in [2.05, 4.69) is 23.2 Å². The number of rotatable bonds is 3. The molecule has 1 N–H and O–H groups in total. The lowest BCUT2D eigenvalue weighted by Gasteiger charge is -2.33. The lowest BCUT2D eigenvalue weighted by molar-refractivity contribution is 0.165. The minimum atomic E-state index is 0.542. The first kappa shape index (κ1) is 12.9. The molecule has 0 amide bonds. The third-order valence-electron chi connectivity index (χ3n) is 3.41. The largest absolute Gasteiger partial charge is 0.495 e. The monoisotopic (exact) mass is 245 g/mol. The topological polar surface area (TPSA) is 48.3 Å². The summed E-state index contributed by atoms with van der Waals surface area (Å²) in [7, 11) is 1.60. The first-order valence-corrected chi connectivity index (χ1v) is 6.26. The molecule has 0 aromatic heterocycles. The normalized spacial score (nSPS) is 20.4. The Bertz CT molecular complexity index is 453. The molecule has 1 aliphatic rings. The van der Waals surface area contributed by atoms with Crippen LogP contribution in [-0.2, 0) is 6.54 Å². The van der Waals surface area contributed by atoms with E-state index < -0.39 is 0 Å². The van der Waals surface area contributed by atoms with Crippen molar-refractivity contribution in [3.8, 4) is 11.8 Å². The zero-order valence-electron chi connectivity index (χ0n) is 10.9. The van der Waals surface area contributed by atoms with E-state index >= 15 is 0 Å². The van der Waals surface area contributed by atoms with Crippen molar-refractivity contribution in [2.45, 2.75) is 19.5 Å². The van der Waals surface area contributed by atoms with E-state index in [9.17, 15) is 0 Å². The van der Waals surface area contributed by atoms with Crippen LogP contribution >= 0.6 is 0 Å². The number of nitrogens with one attached hydrogen (secondary N) is 1. The first-order valence-electron chi connectivity index (χ1n) is 6.26. The van der Waals surface area contributed by atoms with Crippen molar-refractivity contribution in [2.24, 2.45) is 0 Å². The lowest BCUT2D eigenvalue weighted by atomic mass is 10.1. The predicted molar refractivity (Wildman–Crippen MR) is 70.5 cm³/mol. The van der Waals surface area contributed by atoms with Gasteiger partial charge in [-0.25, -0.2) is 0 Å². The lowest BCUT2D eigenvalue weighted by Crippen LogP contribution is -2.49. The molecule has 0 radical (unpaired) electrons. The molecule has 0 bridgehead atoms. The summed E-state index contributed by atoms with van der Waals surface area (Å²) in [5, 5.41) is 12.3. The molecule has 96 valence electrons. The van der Waals surface area contributed by atoms with E-state index in [4.69, 9.17) is 10.00 Å². The van der Waals surface area contributed by atoms with E-state index in [0.717, 1.165) is 26.2 Å². The van der Waals surface area contributed by atoms with Gasteiger partial charge in [0.2, 0.25) is 0 Å². The molecule has 4 heteroatoms. The fourth-order valence-corrected chi connectivity index (χ4v) is 2.28. The van der Waals surface area contributed by atoms with Crippen molar-refractivity contribution >= 4 is 0 Å². The van der Waals surface area contributed by atoms with Gasteiger partial charge in [0.05, 0.1) is 12.7 Å². The third-order valence-corrected chi connectivity index (χ3v) is 3.41. The number of nitrogens with zero attached hydrogens (tertiary/aromatic N) is 2. The van der Waals surface area contributed by atoms with Crippen LogP contribution in [0, 0.1) is 11.3 Å². The molecule has 1 atom stereocenters. The van der Waals surface area contributed by atoms with Gasteiger partial charge in [-0.1, -0.05) is 6.07 Å². The van der Waals surface area contributed by atoms with Crippen molar-refractivity contribution in [1.82, 2.24) is 10.2 Å². The van der Waals surface area contributed by atoms with Gasteiger partial charge in [-0.2, -0.15) is 5.26 Å². The van der Waals surface area contributed by atoms with Gasteiger partial charge in [-0.3, -0.25) is 4.90 Å². The molecule has 1 fully saturated rings. The summed E-state index contributed by atoms with van der Waals surface area (Å²) in [6, 6.07) is 8.49. The zero-order chi connectivity index (χ0) is 13.0. The van der Waals surface area contributed by atoms with Gasteiger partial charge in [0.1, 0.15) is 11.8 Å². The Morgan fingerprint density at radius 2 is 2.39 bits per heavy atom. The molecule has 0 aliphatic carbocycles. The SMILES string of the molecule is COc1cc(CN2CCNC[C@H]2C)ccc1C#N. The number of benzene rings is 1. The Kier molecular flexibility index (Phi) is 4.19. The fourth-order valence-electron chi connectivity index (χ4n) is 2.28. The Hall–Kier alpha value is -1.57. The van der Waals surface area contributed by atoms with Crippen LogP contribution in [0.2, 0.25) is 0 Å². The summed E-state index contributed by atoms with van der Waals surface area (Å²) in [5.74, 6) is 0.665. The maximum Gasteiger partial charge on any atom is 0.136 e. The van der Waals surface area contributed by atoms with Crippen LogP contribution in [0.5, 0.6) is 5.75 Å². The number of hydrogen-bond acceptors (Lipinski definition) is 4. The number of piperazine rings is 1. The van der Waals surface area contributed by atoms with E-state index in [-0.39, 0.29) is 0 Å². The molecule has 0 saturated carbocycles. The maximum absolute atomic E-state index is 8.96. The highest BCUT2D eigenvalue weighted by Crippen LogP contribution is 2.21. The van der Waals surface area contributed by atoms with Crippen molar-refractivity contribution < 1.29 is 4.74 Å². The average Bonchev–Trinajstić information content (AvgIpc) is 2.41. The van der Waals surface area contributed by atoms with Crippen LogP contribution in [-0.4, -0.2) is 37.7 Å². The van der Waals surface area contributed by atoms with E-state index in [0.29, 0.717) is 17.4 Å². The molecule has 0 unspecified atom stereocenters. The van der Waals surface area contributed by atoms with Gasteiger partial charge in [0, 0.05) is 32.2 Å². The highest BCUT2D eigenvalue weighted by atomic mass is 16.5. The summed E-state index contributed by atoms with van der Waals surface area (Å²) < 4.78 is 5.24. The summed E-state index contributed by atoms with van der Waals surface area (Å²) in [6.07, 6.45) is 0. The molecule has 1 aliphatic heterocycles. The average molecular weight is 245 g/mol. The van der Waals surface area contributed by atoms with Crippen LogP contribution in [0.1, 0.15) is 18.1 Å². The van der Waals surface area contributed by atoms with Crippen molar-refractivity contribution in [1.29, 1.82) is 5.26 Å². The molecular formula is C14H19N3O. The maximum atomic E-state index is 8.96. The summed E-state index contributed by atoms with van der Waals surface area (Å²) in [5.41, 5.74) is 1.79. The van der Waals surface area contributed by atoms with Gasteiger partial charge in [-0.05, 0) is 24.6 Å². The second kappa shape index (κ2) is 5.85. The van der Waals surface area contributed by atoms with Gasteiger partial charge < -0.3 is 10.1 Å². The van der Waals surface area contributed by atoms with Crippen LogP contribution in [0.3, 0.4) is 0 Å². The Morgan fingerprint density at radius 1 is 1.56 bits per heavy atom.